The van der Waals surface area contributed by atoms with Crippen molar-refractivity contribution in [3.8, 4) is 0 Å². The molecular formula is C19H26FNO. The molecule has 0 saturated carbocycles. The Morgan fingerprint density at radius 3 is 2.68 bits per heavy atom. The van der Waals surface area contributed by atoms with E-state index >= 15 is 0 Å². The van der Waals surface area contributed by atoms with Crippen LogP contribution in [0.4, 0.5) is 10.1 Å². The number of hydrogen-bond donors (Lipinski definition) is 0. The molecule has 2 aliphatic carbocycles. The maximum atomic E-state index is 10.7. The van der Waals surface area contributed by atoms with Gasteiger partial charge in [-0.05, 0) is 77.9 Å². The fourth-order valence-electron chi connectivity index (χ4n) is 4.12. The van der Waals surface area contributed by atoms with Crippen molar-refractivity contribution in [3.05, 3.63) is 39.8 Å². The number of halogens is 1. The Hall–Kier alpha value is -1.51. The number of nitroso groups, excluding NO2 is 1. The number of allylic oxidation sites excluding steroid dienone is 2. The van der Waals surface area contributed by atoms with E-state index in [1.54, 1.807) is 11.1 Å². The van der Waals surface area contributed by atoms with Gasteiger partial charge in [0.1, 0.15) is 5.69 Å². The summed E-state index contributed by atoms with van der Waals surface area (Å²) in [7, 11) is 0.500. The molecule has 1 aromatic carbocycles. The molecular weight excluding hydrogens is 277 g/mol. The molecule has 0 spiro atoms. The van der Waals surface area contributed by atoms with Crippen LogP contribution in [0, 0.1) is 16.7 Å². The Bertz CT molecular complexity index is 565. The zero-order valence-corrected chi connectivity index (χ0v) is 13.9. The first kappa shape index (κ1) is 16.9. The Labute approximate surface area is 132 Å². The average molecular weight is 303 g/mol. The van der Waals surface area contributed by atoms with E-state index in [1.165, 1.54) is 43.2 Å². The van der Waals surface area contributed by atoms with Crippen LogP contribution < -0.4 is 0 Å². The van der Waals surface area contributed by atoms with E-state index in [4.69, 9.17) is 0 Å². The number of benzene rings is 1. The first-order valence-corrected chi connectivity index (χ1v) is 8.31. The number of aryl methyl sites for hydroxylation is 1. The van der Waals surface area contributed by atoms with Crippen molar-refractivity contribution < 1.29 is 4.39 Å². The van der Waals surface area contributed by atoms with Crippen LogP contribution in [-0.4, -0.2) is 7.18 Å². The maximum Gasteiger partial charge on any atom is 0.108 e. The smallest absolute Gasteiger partial charge is 0.108 e. The monoisotopic (exact) mass is 303 g/mol. The van der Waals surface area contributed by atoms with Crippen molar-refractivity contribution in [2.75, 3.05) is 7.18 Å². The van der Waals surface area contributed by atoms with Crippen LogP contribution in [0.25, 0.3) is 5.57 Å². The minimum atomic E-state index is 0.500. The number of fused-ring (bicyclic) bond motifs is 2. The SMILES string of the molecule is CCC[C@@H]1C2=C(CCC1C)c1ccc(N=O)cc1CC2.CF. The van der Waals surface area contributed by atoms with E-state index in [0.29, 0.717) is 12.9 Å². The van der Waals surface area contributed by atoms with Gasteiger partial charge in [0.25, 0.3) is 0 Å². The van der Waals surface area contributed by atoms with E-state index in [2.05, 4.69) is 25.1 Å². The third kappa shape index (κ3) is 3.13. The Kier molecular flexibility index (Phi) is 5.87. The minimum absolute atomic E-state index is 0.500. The minimum Gasteiger partial charge on any atom is -0.255 e. The van der Waals surface area contributed by atoms with Crippen LogP contribution >= 0.6 is 0 Å². The summed E-state index contributed by atoms with van der Waals surface area (Å²) in [6.45, 7) is 4.71. The normalized spacial score (nSPS) is 23.1. The summed E-state index contributed by atoms with van der Waals surface area (Å²) in [5.74, 6) is 1.60. The second-order valence-corrected chi connectivity index (χ2v) is 6.35. The van der Waals surface area contributed by atoms with E-state index in [1.807, 2.05) is 12.1 Å². The molecule has 0 fully saturated rings. The number of hydrogen-bond acceptors (Lipinski definition) is 2. The number of nitrogens with zero attached hydrogens (tertiary/aromatic N) is 1. The van der Waals surface area contributed by atoms with Gasteiger partial charge in [0, 0.05) is 0 Å². The molecule has 0 N–H and O–H groups in total. The summed E-state index contributed by atoms with van der Waals surface area (Å²) in [5.41, 5.74) is 6.59. The van der Waals surface area contributed by atoms with Gasteiger partial charge in [-0.15, -0.1) is 4.91 Å². The Morgan fingerprint density at radius 1 is 1.23 bits per heavy atom. The molecule has 2 nitrogen and oxygen atoms in total. The van der Waals surface area contributed by atoms with Crippen LogP contribution in [0.2, 0.25) is 0 Å². The van der Waals surface area contributed by atoms with Crippen molar-refractivity contribution >= 4 is 11.3 Å². The first-order chi connectivity index (χ1) is 10.7. The molecule has 3 rings (SSSR count). The second kappa shape index (κ2) is 7.66. The third-order valence-corrected chi connectivity index (χ3v) is 5.15. The van der Waals surface area contributed by atoms with Gasteiger partial charge in [-0.1, -0.05) is 31.9 Å². The molecule has 0 amide bonds. The molecule has 0 radical (unpaired) electrons. The highest BCUT2D eigenvalue weighted by molar-refractivity contribution is 5.75. The van der Waals surface area contributed by atoms with Gasteiger partial charge in [0.05, 0.1) is 7.18 Å². The fraction of sp³-hybridized carbons (Fsp3) is 0.579. The molecule has 2 atom stereocenters. The second-order valence-electron chi connectivity index (χ2n) is 6.35. The highest BCUT2D eigenvalue weighted by Crippen LogP contribution is 2.47. The lowest BCUT2D eigenvalue weighted by molar-refractivity contribution is 0.340. The summed E-state index contributed by atoms with van der Waals surface area (Å²) in [5, 5.41) is 3.07. The third-order valence-electron chi connectivity index (χ3n) is 5.15. The molecule has 3 heteroatoms. The van der Waals surface area contributed by atoms with Crippen LogP contribution in [-0.2, 0) is 6.42 Å². The molecule has 0 heterocycles. The van der Waals surface area contributed by atoms with E-state index in [-0.39, 0.29) is 0 Å². The van der Waals surface area contributed by atoms with Crippen molar-refractivity contribution in [2.24, 2.45) is 17.0 Å². The van der Waals surface area contributed by atoms with Gasteiger partial charge < -0.3 is 0 Å². The standard InChI is InChI=1S/C18H23NO.CH3F/c1-3-4-15-12(2)5-8-18-16-10-7-14(19-20)11-13(16)6-9-17(15)18;1-2/h7,10-12,15H,3-6,8-9H2,1-2H3;1H3/t12?,15-;/m0./s1. The highest BCUT2D eigenvalue weighted by Gasteiger charge is 2.31. The quantitative estimate of drug-likeness (QED) is 0.610. The van der Waals surface area contributed by atoms with Crippen molar-refractivity contribution in [1.82, 2.24) is 0 Å². The van der Waals surface area contributed by atoms with Crippen LogP contribution in [0.1, 0.15) is 57.1 Å². The lowest BCUT2D eigenvalue weighted by Gasteiger charge is -2.37. The van der Waals surface area contributed by atoms with Gasteiger partial charge in [-0.2, -0.15) is 0 Å². The molecule has 0 aromatic heterocycles. The topological polar surface area (TPSA) is 29.4 Å². The van der Waals surface area contributed by atoms with Crippen LogP contribution in [0.15, 0.2) is 28.9 Å². The summed E-state index contributed by atoms with van der Waals surface area (Å²) in [6.07, 6.45) is 7.36. The predicted octanol–water partition coefficient (Wildman–Crippen LogP) is 6.22. The van der Waals surface area contributed by atoms with Gasteiger partial charge in [-0.25, -0.2) is 0 Å². The van der Waals surface area contributed by atoms with E-state index in [9.17, 15) is 9.30 Å². The fourth-order valence-corrected chi connectivity index (χ4v) is 4.12. The molecule has 1 unspecified atom stereocenters. The summed E-state index contributed by atoms with van der Waals surface area (Å²) in [4.78, 5) is 10.7. The van der Waals surface area contributed by atoms with Crippen molar-refractivity contribution in [1.29, 1.82) is 0 Å². The molecule has 2 aliphatic rings. The van der Waals surface area contributed by atoms with Gasteiger partial charge in [0.15, 0.2) is 0 Å². The zero-order chi connectivity index (χ0) is 16.1. The average Bonchev–Trinajstić information content (AvgIpc) is 2.58. The van der Waals surface area contributed by atoms with Crippen molar-refractivity contribution in [2.45, 2.75) is 52.4 Å². The molecule has 0 saturated heterocycles. The molecule has 0 bridgehead atoms. The summed E-state index contributed by atoms with van der Waals surface area (Å²) >= 11 is 0. The summed E-state index contributed by atoms with van der Waals surface area (Å²) < 4.78 is 9.50. The molecule has 0 aliphatic heterocycles. The summed E-state index contributed by atoms with van der Waals surface area (Å²) in [6, 6.07) is 5.98. The van der Waals surface area contributed by atoms with Gasteiger partial charge in [0.2, 0.25) is 0 Å². The van der Waals surface area contributed by atoms with Crippen LogP contribution in [0.3, 0.4) is 0 Å². The Morgan fingerprint density at radius 2 is 2.00 bits per heavy atom. The molecule has 1 aromatic rings. The van der Waals surface area contributed by atoms with Crippen molar-refractivity contribution in [3.63, 3.8) is 0 Å². The lowest BCUT2D eigenvalue weighted by atomic mass is 9.68. The molecule has 120 valence electrons. The van der Waals surface area contributed by atoms with Gasteiger partial charge in [-0.3, -0.25) is 4.39 Å². The molecule has 22 heavy (non-hydrogen) atoms. The highest BCUT2D eigenvalue weighted by atomic mass is 19.1. The van der Waals surface area contributed by atoms with Crippen LogP contribution in [0.5, 0.6) is 0 Å². The lowest BCUT2D eigenvalue weighted by Crippen LogP contribution is -2.23. The first-order valence-electron chi connectivity index (χ1n) is 8.31. The van der Waals surface area contributed by atoms with E-state index < -0.39 is 0 Å². The largest absolute Gasteiger partial charge is 0.255 e. The maximum absolute atomic E-state index is 10.7. The van der Waals surface area contributed by atoms with Gasteiger partial charge >= 0.3 is 0 Å². The number of rotatable bonds is 3. The number of alkyl halides is 1. The zero-order valence-electron chi connectivity index (χ0n) is 13.9. The Balaban J connectivity index is 0.000000847. The van der Waals surface area contributed by atoms with E-state index in [0.717, 1.165) is 18.3 Å². The predicted molar refractivity (Wildman–Crippen MR) is 91.0 cm³/mol.